The topological polar surface area (TPSA) is 89.6 Å². The van der Waals surface area contributed by atoms with Crippen LogP contribution in [0.15, 0.2) is 72.4 Å². The summed E-state index contributed by atoms with van der Waals surface area (Å²) in [5, 5.41) is 6.13. The van der Waals surface area contributed by atoms with E-state index < -0.39 is 12.2 Å². The van der Waals surface area contributed by atoms with Crippen LogP contribution in [0, 0.1) is 5.41 Å². The molecule has 3 rings (SSSR count). The third-order valence-electron chi connectivity index (χ3n) is 6.19. The lowest BCUT2D eigenvalue weighted by Gasteiger charge is -2.26. The van der Waals surface area contributed by atoms with Crippen LogP contribution in [0.4, 0.5) is 9.59 Å². The molecule has 0 aliphatic rings. The van der Waals surface area contributed by atoms with E-state index in [-0.39, 0.29) is 30.2 Å². The van der Waals surface area contributed by atoms with Crippen molar-refractivity contribution >= 4 is 23.5 Å². The first kappa shape index (κ1) is 30.2. The molecule has 2 N–H and O–H groups in total. The number of hydrogen-bond acceptors (Lipinski definition) is 6. The number of nitrogens with zero attached hydrogens (tertiary/aromatic N) is 1. The molecule has 1 heterocycles. The van der Waals surface area contributed by atoms with Gasteiger partial charge in [0.1, 0.15) is 12.7 Å². The van der Waals surface area contributed by atoms with E-state index in [0.29, 0.717) is 25.7 Å². The van der Waals surface area contributed by atoms with Gasteiger partial charge in [0.25, 0.3) is 0 Å². The van der Waals surface area contributed by atoms with E-state index >= 15 is 0 Å². The van der Waals surface area contributed by atoms with Crippen molar-refractivity contribution in [2.24, 2.45) is 5.41 Å². The van der Waals surface area contributed by atoms with Crippen molar-refractivity contribution in [3.63, 3.8) is 0 Å². The molecule has 3 aromatic rings. The molecule has 2 aromatic carbocycles. The van der Waals surface area contributed by atoms with E-state index in [0.717, 1.165) is 22.4 Å². The maximum Gasteiger partial charge on any atom is 0.407 e. The molecule has 7 nitrogen and oxygen atoms in total. The summed E-state index contributed by atoms with van der Waals surface area (Å²) in [7, 11) is 0. The number of benzene rings is 2. The minimum atomic E-state index is -0.465. The van der Waals surface area contributed by atoms with Crippen LogP contribution in [0.5, 0.6) is 0 Å². The third-order valence-corrected chi connectivity index (χ3v) is 6.95. The lowest BCUT2D eigenvalue weighted by atomic mass is 9.90. The molecular formula is C31H41N3O4S. The lowest BCUT2D eigenvalue weighted by molar-refractivity contribution is 0.0793. The summed E-state index contributed by atoms with van der Waals surface area (Å²) in [4.78, 5) is 30.4. The highest BCUT2D eigenvalue weighted by molar-refractivity contribution is 7.09. The normalized spacial score (nSPS) is 13.6. The number of alkyl carbamates (subject to hydrolysis) is 2. The maximum absolute atomic E-state index is 12.8. The molecular weight excluding hydrogens is 510 g/mol. The van der Waals surface area contributed by atoms with Gasteiger partial charge in [0.2, 0.25) is 0 Å². The molecule has 0 bridgehead atoms. The first-order chi connectivity index (χ1) is 18.7. The summed E-state index contributed by atoms with van der Waals surface area (Å²) in [5.74, 6) is 0. The zero-order valence-corrected chi connectivity index (χ0v) is 24.2. The molecule has 0 aliphatic heterocycles. The third kappa shape index (κ3) is 12.3. The second kappa shape index (κ2) is 15.3. The quantitative estimate of drug-likeness (QED) is 0.241. The zero-order valence-electron chi connectivity index (χ0n) is 23.4. The van der Waals surface area contributed by atoms with Gasteiger partial charge in [0.15, 0.2) is 0 Å². The van der Waals surface area contributed by atoms with Gasteiger partial charge in [-0.05, 0) is 55.6 Å². The maximum atomic E-state index is 12.8. The molecule has 1 aromatic heterocycles. The van der Waals surface area contributed by atoms with Crippen molar-refractivity contribution in [3.05, 3.63) is 88.4 Å². The molecule has 0 aliphatic carbocycles. The highest BCUT2D eigenvalue weighted by atomic mass is 32.1. The molecule has 2 amide bonds. The van der Waals surface area contributed by atoms with Gasteiger partial charge in [-0.1, -0.05) is 81.4 Å². The Bertz CT molecular complexity index is 1120. The van der Waals surface area contributed by atoms with Gasteiger partial charge >= 0.3 is 12.2 Å². The van der Waals surface area contributed by atoms with Gasteiger partial charge in [-0.3, -0.25) is 4.98 Å². The fourth-order valence-corrected chi connectivity index (χ4v) is 5.10. The Balaban J connectivity index is 1.64. The number of carbonyl (C=O) groups excluding carboxylic acids is 2. The number of hydrogen-bond donors (Lipinski definition) is 2. The van der Waals surface area contributed by atoms with Crippen molar-refractivity contribution in [2.45, 2.75) is 84.6 Å². The standard InChI is InChI=1S/C31H41N3O4S/c1-23(19-31(2,3)4)38-30(36)34-27(18-25-13-9-6-10-14-25)16-15-26(17-24-11-7-5-8-12-24)33-29(35)37-21-28-20-32-22-39-28/h5-14,20,22-23,26-27H,15-19,21H2,1-4H3,(H,33,35)(H,34,36)/t23?,26-,27-/m1/s1. The average molecular weight is 552 g/mol. The Hall–Kier alpha value is -3.39. The predicted molar refractivity (Wildman–Crippen MR) is 156 cm³/mol. The summed E-state index contributed by atoms with van der Waals surface area (Å²) in [6.07, 6.45) is 4.03. The summed E-state index contributed by atoms with van der Waals surface area (Å²) in [6.45, 7) is 8.50. The van der Waals surface area contributed by atoms with Gasteiger partial charge in [0, 0.05) is 18.3 Å². The van der Waals surface area contributed by atoms with Crippen LogP contribution in [0.3, 0.4) is 0 Å². The SMILES string of the molecule is CC(CC(C)(C)C)OC(=O)N[C@H](CC[C@H](Cc1ccccc1)NC(=O)OCc1cncs1)Cc1ccccc1. The number of nitrogens with one attached hydrogen (secondary N) is 2. The van der Waals surface area contributed by atoms with Crippen LogP contribution in [0.1, 0.15) is 63.0 Å². The predicted octanol–water partition coefficient (Wildman–Crippen LogP) is 6.92. The van der Waals surface area contributed by atoms with Crippen LogP contribution < -0.4 is 10.6 Å². The van der Waals surface area contributed by atoms with Crippen molar-refractivity contribution < 1.29 is 19.1 Å². The summed E-state index contributed by atoms with van der Waals surface area (Å²) in [5.41, 5.74) is 4.02. The van der Waals surface area contributed by atoms with E-state index in [9.17, 15) is 9.59 Å². The van der Waals surface area contributed by atoms with Gasteiger partial charge in [0.05, 0.1) is 10.4 Å². The monoisotopic (exact) mass is 551 g/mol. The van der Waals surface area contributed by atoms with E-state index in [1.165, 1.54) is 11.3 Å². The first-order valence-electron chi connectivity index (χ1n) is 13.5. The molecule has 0 saturated carbocycles. The second-order valence-electron chi connectivity index (χ2n) is 11.2. The Morgan fingerprint density at radius 3 is 1.90 bits per heavy atom. The van der Waals surface area contributed by atoms with E-state index in [2.05, 4.69) is 48.5 Å². The molecule has 8 heteroatoms. The van der Waals surface area contributed by atoms with Gasteiger partial charge in [-0.25, -0.2) is 9.59 Å². The Morgan fingerprint density at radius 2 is 1.41 bits per heavy atom. The summed E-state index contributed by atoms with van der Waals surface area (Å²) in [6, 6.07) is 19.8. The van der Waals surface area contributed by atoms with Crippen LogP contribution >= 0.6 is 11.3 Å². The summed E-state index contributed by atoms with van der Waals surface area (Å²) >= 11 is 1.45. The Morgan fingerprint density at radius 1 is 0.872 bits per heavy atom. The van der Waals surface area contributed by atoms with Crippen LogP contribution in [-0.2, 0) is 28.9 Å². The lowest BCUT2D eigenvalue weighted by Crippen LogP contribution is -2.41. The molecule has 39 heavy (non-hydrogen) atoms. The Kier molecular flexibility index (Phi) is 11.8. The fraction of sp³-hybridized carbons (Fsp3) is 0.452. The van der Waals surface area contributed by atoms with Crippen LogP contribution in [0.2, 0.25) is 0 Å². The van der Waals surface area contributed by atoms with Crippen molar-refractivity contribution in [3.8, 4) is 0 Å². The average Bonchev–Trinajstić information content (AvgIpc) is 3.40. The largest absolute Gasteiger partial charge is 0.447 e. The van der Waals surface area contributed by atoms with Crippen LogP contribution in [0.25, 0.3) is 0 Å². The van der Waals surface area contributed by atoms with Crippen molar-refractivity contribution in [1.29, 1.82) is 0 Å². The number of rotatable bonds is 13. The van der Waals surface area contributed by atoms with Gasteiger partial charge in [-0.2, -0.15) is 0 Å². The fourth-order valence-electron chi connectivity index (χ4n) is 4.60. The van der Waals surface area contributed by atoms with Crippen molar-refractivity contribution in [1.82, 2.24) is 15.6 Å². The molecule has 0 spiro atoms. The molecule has 0 radical (unpaired) electrons. The molecule has 3 atom stereocenters. The minimum Gasteiger partial charge on any atom is -0.447 e. The Labute approximate surface area is 236 Å². The molecule has 1 unspecified atom stereocenters. The number of aromatic nitrogens is 1. The second-order valence-corrected chi connectivity index (χ2v) is 12.1. The number of amides is 2. The van der Waals surface area contributed by atoms with Crippen molar-refractivity contribution in [2.75, 3.05) is 0 Å². The van der Waals surface area contributed by atoms with Crippen LogP contribution in [-0.4, -0.2) is 35.4 Å². The highest BCUT2D eigenvalue weighted by Crippen LogP contribution is 2.22. The number of ether oxygens (including phenoxy) is 2. The molecule has 0 fully saturated rings. The summed E-state index contributed by atoms with van der Waals surface area (Å²) < 4.78 is 11.1. The van der Waals surface area contributed by atoms with Gasteiger partial charge in [-0.15, -0.1) is 11.3 Å². The van der Waals surface area contributed by atoms with E-state index in [4.69, 9.17) is 9.47 Å². The molecule has 0 saturated heterocycles. The molecule has 210 valence electrons. The first-order valence-corrected chi connectivity index (χ1v) is 14.4. The smallest absolute Gasteiger partial charge is 0.407 e. The number of thiazole rings is 1. The van der Waals surface area contributed by atoms with E-state index in [1.54, 1.807) is 11.7 Å². The highest BCUT2D eigenvalue weighted by Gasteiger charge is 2.22. The van der Waals surface area contributed by atoms with Gasteiger partial charge < -0.3 is 20.1 Å². The van der Waals surface area contributed by atoms with E-state index in [1.807, 2.05) is 55.5 Å². The minimum absolute atomic E-state index is 0.0636. The zero-order chi connectivity index (χ0) is 28.1. The number of carbonyl (C=O) groups is 2.